The van der Waals surface area contributed by atoms with Crippen molar-refractivity contribution in [2.45, 2.75) is 13.3 Å². The molecule has 3 rings (SSSR count). The summed E-state index contributed by atoms with van der Waals surface area (Å²) in [4.78, 5) is 19.2. The smallest absolute Gasteiger partial charge is 0.254 e. The Morgan fingerprint density at radius 2 is 2.05 bits per heavy atom. The summed E-state index contributed by atoms with van der Waals surface area (Å²) in [5.74, 6) is 0.0848. The van der Waals surface area contributed by atoms with Crippen LogP contribution in [-0.4, -0.2) is 42.1 Å². The van der Waals surface area contributed by atoms with Crippen molar-refractivity contribution in [1.82, 2.24) is 9.88 Å². The second-order valence-corrected chi connectivity index (χ2v) is 4.94. The lowest BCUT2D eigenvalue weighted by atomic mass is 10.1. The van der Waals surface area contributed by atoms with Crippen LogP contribution >= 0.6 is 0 Å². The minimum absolute atomic E-state index is 0.0848. The van der Waals surface area contributed by atoms with E-state index in [4.69, 9.17) is 4.74 Å². The average molecular weight is 270 g/mol. The van der Waals surface area contributed by atoms with Gasteiger partial charge in [0.05, 0.1) is 24.3 Å². The highest BCUT2D eigenvalue weighted by molar-refractivity contribution is 6.06. The first-order valence-electron chi connectivity index (χ1n) is 7.05. The first-order chi connectivity index (χ1) is 9.79. The topological polar surface area (TPSA) is 42.4 Å². The molecule has 1 aromatic carbocycles. The number of aryl methyl sites for hydroxylation is 1. The Kier molecular flexibility index (Phi) is 3.65. The molecule has 104 valence electrons. The molecule has 0 spiro atoms. The maximum atomic E-state index is 12.7. The molecule has 0 saturated carbocycles. The van der Waals surface area contributed by atoms with Gasteiger partial charge in [-0.25, -0.2) is 0 Å². The molecule has 1 aliphatic heterocycles. The molecule has 1 saturated heterocycles. The Morgan fingerprint density at radius 1 is 1.30 bits per heavy atom. The minimum Gasteiger partial charge on any atom is -0.378 e. The lowest BCUT2D eigenvalue weighted by molar-refractivity contribution is 0.0304. The Bertz CT molecular complexity index is 633. The number of carbonyl (C=O) groups is 1. The van der Waals surface area contributed by atoms with E-state index >= 15 is 0 Å². The number of rotatable bonds is 2. The number of hydrogen-bond donors (Lipinski definition) is 0. The van der Waals surface area contributed by atoms with Crippen LogP contribution in [0.2, 0.25) is 0 Å². The summed E-state index contributed by atoms with van der Waals surface area (Å²) in [5.41, 5.74) is 2.61. The van der Waals surface area contributed by atoms with Crippen molar-refractivity contribution in [2.24, 2.45) is 0 Å². The van der Waals surface area contributed by atoms with E-state index < -0.39 is 0 Å². The summed E-state index contributed by atoms with van der Waals surface area (Å²) in [6.07, 6.45) is 0.828. The zero-order valence-corrected chi connectivity index (χ0v) is 11.6. The van der Waals surface area contributed by atoms with Gasteiger partial charge in [-0.1, -0.05) is 25.1 Å². The molecule has 2 aromatic rings. The van der Waals surface area contributed by atoms with Crippen molar-refractivity contribution in [3.63, 3.8) is 0 Å². The summed E-state index contributed by atoms with van der Waals surface area (Å²) in [5, 5.41) is 0.932. The number of nitrogens with zero attached hydrogens (tertiary/aromatic N) is 2. The Balaban J connectivity index is 2.06. The van der Waals surface area contributed by atoms with Crippen molar-refractivity contribution < 1.29 is 9.53 Å². The fourth-order valence-electron chi connectivity index (χ4n) is 2.53. The van der Waals surface area contributed by atoms with E-state index in [1.165, 1.54) is 0 Å². The van der Waals surface area contributed by atoms with Crippen LogP contribution in [0.1, 0.15) is 23.0 Å². The number of benzene rings is 1. The predicted octanol–water partition coefficient (Wildman–Crippen LogP) is 2.27. The monoisotopic (exact) mass is 270 g/mol. The van der Waals surface area contributed by atoms with Gasteiger partial charge < -0.3 is 9.64 Å². The molecular weight excluding hydrogens is 252 g/mol. The van der Waals surface area contributed by atoms with Gasteiger partial charge in [-0.05, 0) is 18.6 Å². The van der Waals surface area contributed by atoms with Gasteiger partial charge in [-0.3, -0.25) is 9.78 Å². The fourth-order valence-corrected chi connectivity index (χ4v) is 2.53. The van der Waals surface area contributed by atoms with E-state index in [2.05, 4.69) is 11.9 Å². The van der Waals surface area contributed by atoms with Crippen LogP contribution in [0.15, 0.2) is 30.3 Å². The van der Waals surface area contributed by atoms with Gasteiger partial charge in [-0.2, -0.15) is 0 Å². The zero-order valence-electron chi connectivity index (χ0n) is 11.6. The third-order valence-electron chi connectivity index (χ3n) is 3.66. The average Bonchev–Trinajstić information content (AvgIpc) is 2.54. The molecule has 20 heavy (non-hydrogen) atoms. The molecule has 0 bridgehead atoms. The molecule has 1 aliphatic rings. The molecule has 1 amide bonds. The molecule has 0 atom stereocenters. The lowest BCUT2D eigenvalue weighted by Crippen LogP contribution is -2.40. The molecule has 0 radical (unpaired) electrons. The van der Waals surface area contributed by atoms with Crippen molar-refractivity contribution in [3.8, 4) is 0 Å². The van der Waals surface area contributed by atoms with Crippen molar-refractivity contribution >= 4 is 16.8 Å². The SMILES string of the molecule is CCc1cc(C(=O)N2CCOCC2)c2ccccc2n1. The number of morpholine rings is 1. The molecule has 1 aromatic heterocycles. The van der Waals surface area contributed by atoms with Gasteiger partial charge in [-0.15, -0.1) is 0 Å². The van der Waals surface area contributed by atoms with Gasteiger partial charge in [0.1, 0.15) is 0 Å². The summed E-state index contributed by atoms with van der Waals surface area (Å²) in [6, 6.07) is 9.77. The van der Waals surface area contributed by atoms with Crippen LogP contribution in [-0.2, 0) is 11.2 Å². The highest BCUT2D eigenvalue weighted by Crippen LogP contribution is 2.20. The fraction of sp³-hybridized carbons (Fsp3) is 0.375. The number of aromatic nitrogens is 1. The molecule has 4 nitrogen and oxygen atoms in total. The van der Waals surface area contributed by atoms with E-state index in [1.807, 2.05) is 35.2 Å². The lowest BCUT2D eigenvalue weighted by Gasteiger charge is -2.27. The highest BCUT2D eigenvalue weighted by atomic mass is 16.5. The Morgan fingerprint density at radius 3 is 2.80 bits per heavy atom. The van der Waals surface area contributed by atoms with Crippen LogP contribution in [0, 0.1) is 0 Å². The van der Waals surface area contributed by atoms with Crippen molar-refractivity contribution in [1.29, 1.82) is 0 Å². The third kappa shape index (κ3) is 2.39. The molecular formula is C16H18N2O2. The summed E-state index contributed by atoms with van der Waals surface area (Å²) >= 11 is 0. The van der Waals surface area contributed by atoms with E-state index in [0.717, 1.165) is 28.6 Å². The van der Waals surface area contributed by atoms with E-state index in [9.17, 15) is 4.79 Å². The molecule has 2 heterocycles. The third-order valence-corrected chi connectivity index (χ3v) is 3.66. The summed E-state index contributed by atoms with van der Waals surface area (Å²) in [7, 11) is 0. The number of fused-ring (bicyclic) bond motifs is 1. The van der Waals surface area contributed by atoms with Gasteiger partial charge in [0.15, 0.2) is 0 Å². The minimum atomic E-state index is 0.0848. The number of carbonyl (C=O) groups excluding carboxylic acids is 1. The Hall–Kier alpha value is -1.94. The van der Waals surface area contributed by atoms with Crippen LogP contribution in [0.4, 0.5) is 0 Å². The van der Waals surface area contributed by atoms with E-state index in [-0.39, 0.29) is 5.91 Å². The number of hydrogen-bond acceptors (Lipinski definition) is 3. The molecule has 0 unspecified atom stereocenters. The van der Waals surface area contributed by atoms with Crippen LogP contribution in [0.5, 0.6) is 0 Å². The van der Waals surface area contributed by atoms with Gasteiger partial charge in [0, 0.05) is 24.2 Å². The normalized spacial score (nSPS) is 15.6. The van der Waals surface area contributed by atoms with Crippen LogP contribution in [0.25, 0.3) is 10.9 Å². The van der Waals surface area contributed by atoms with Crippen LogP contribution in [0.3, 0.4) is 0 Å². The molecule has 1 fully saturated rings. The summed E-state index contributed by atoms with van der Waals surface area (Å²) < 4.78 is 5.31. The number of para-hydroxylation sites is 1. The maximum Gasteiger partial charge on any atom is 0.254 e. The van der Waals surface area contributed by atoms with Crippen molar-refractivity contribution in [3.05, 3.63) is 41.6 Å². The van der Waals surface area contributed by atoms with E-state index in [1.54, 1.807) is 0 Å². The molecule has 4 heteroatoms. The highest BCUT2D eigenvalue weighted by Gasteiger charge is 2.21. The van der Waals surface area contributed by atoms with Gasteiger partial charge >= 0.3 is 0 Å². The largest absolute Gasteiger partial charge is 0.378 e. The number of pyridine rings is 1. The Labute approximate surface area is 118 Å². The van der Waals surface area contributed by atoms with E-state index in [0.29, 0.717) is 26.3 Å². The maximum absolute atomic E-state index is 12.7. The van der Waals surface area contributed by atoms with Crippen LogP contribution < -0.4 is 0 Å². The predicted molar refractivity (Wildman–Crippen MR) is 77.8 cm³/mol. The van der Waals surface area contributed by atoms with Gasteiger partial charge in [0.25, 0.3) is 5.91 Å². The standard InChI is InChI=1S/C16H18N2O2/c1-2-12-11-14(13-5-3-4-6-15(13)17-12)16(19)18-7-9-20-10-8-18/h3-6,11H,2,7-10H2,1H3. The first-order valence-corrected chi connectivity index (χ1v) is 7.05. The number of ether oxygens (including phenoxy) is 1. The molecule has 0 N–H and O–H groups in total. The zero-order chi connectivity index (χ0) is 13.9. The second-order valence-electron chi connectivity index (χ2n) is 4.94. The number of amides is 1. The molecule has 0 aliphatic carbocycles. The quantitative estimate of drug-likeness (QED) is 0.840. The van der Waals surface area contributed by atoms with Crippen molar-refractivity contribution in [2.75, 3.05) is 26.3 Å². The second kappa shape index (κ2) is 5.59. The summed E-state index contributed by atoms with van der Waals surface area (Å²) in [6.45, 7) is 4.62. The first kappa shape index (κ1) is 13.1. The van der Waals surface area contributed by atoms with Gasteiger partial charge in [0.2, 0.25) is 0 Å².